The first-order valence-corrected chi connectivity index (χ1v) is 12.5. The molecule has 2 N–H and O–H groups in total. The van der Waals surface area contributed by atoms with Gasteiger partial charge in [-0.3, -0.25) is 9.52 Å². The molecule has 31 heavy (non-hydrogen) atoms. The lowest BCUT2D eigenvalue weighted by atomic mass is 10.1. The molecule has 8 heteroatoms. The minimum Gasteiger partial charge on any atom is -0.351 e. The highest BCUT2D eigenvalue weighted by atomic mass is 35.5. The minimum atomic E-state index is -3.74. The first kappa shape index (κ1) is 23.2. The molecule has 0 saturated heterocycles. The Balaban J connectivity index is 1.62. The molecule has 3 aromatic carbocycles. The van der Waals surface area contributed by atoms with E-state index in [1.54, 1.807) is 61.2 Å². The van der Waals surface area contributed by atoms with E-state index in [1.807, 2.05) is 31.2 Å². The predicted octanol–water partition coefficient (Wildman–Crippen LogP) is 5.28. The van der Waals surface area contributed by atoms with Gasteiger partial charge in [0.15, 0.2) is 0 Å². The molecule has 0 saturated carbocycles. The fourth-order valence-electron chi connectivity index (χ4n) is 2.76. The van der Waals surface area contributed by atoms with Crippen LogP contribution in [0.5, 0.6) is 0 Å². The summed E-state index contributed by atoms with van der Waals surface area (Å²) in [6.45, 7) is 4.16. The lowest BCUT2D eigenvalue weighted by Gasteiger charge is -2.13. The molecule has 1 amide bonds. The molecule has 0 spiro atoms. The molecular formula is C23H23ClN2O3S2. The van der Waals surface area contributed by atoms with E-state index in [0.717, 1.165) is 16.0 Å². The van der Waals surface area contributed by atoms with Gasteiger partial charge in [-0.1, -0.05) is 35.4 Å². The van der Waals surface area contributed by atoms with E-state index in [4.69, 9.17) is 11.6 Å². The summed E-state index contributed by atoms with van der Waals surface area (Å²) >= 11 is 7.49. The van der Waals surface area contributed by atoms with Gasteiger partial charge >= 0.3 is 0 Å². The van der Waals surface area contributed by atoms with Gasteiger partial charge in [-0.15, -0.1) is 11.8 Å². The van der Waals surface area contributed by atoms with Crippen LogP contribution < -0.4 is 10.0 Å². The third-order valence-corrected chi connectivity index (χ3v) is 7.19. The highest BCUT2D eigenvalue weighted by Gasteiger charge is 2.16. The van der Waals surface area contributed by atoms with E-state index in [0.29, 0.717) is 28.6 Å². The van der Waals surface area contributed by atoms with Gasteiger partial charge in [0.1, 0.15) is 0 Å². The number of halogens is 1. The van der Waals surface area contributed by atoms with Crippen LogP contribution in [0.3, 0.4) is 0 Å². The number of hydrogen-bond donors (Lipinski definition) is 2. The van der Waals surface area contributed by atoms with E-state index < -0.39 is 10.0 Å². The van der Waals surface area contributed by atoms with Gasteiger partial charge in [-0.2, -0.15) is 0 Å². The summed E-state index contributed by atoms with van der Waals surface area (Å²) in [6, 6.07) is 19.1. The molecule has 0 heterocycles. The van der Waals surface area contributed by atoms with E-state index >= 15 is 0 Å². The molecule has 0 fully saturated rings. The molecular weight excluding hydrogens is 452 g/mol. The molecule has 0 atom stereocenters. The largest absolute Gasteiger partial charge is 0.351 e. The Hall–Kier alpha value is -2.48. The van der Waals surface area contributed by atoms with Crippen molar-refractivity contribution in [2.24, 2.45) is 0 Å². The molecule has 162 valence electrons. The Morgan fingerprint density at radius 1 is 0.968 bits per heavy atom. The number of sulfonamides is 1. The molecule has 3 rings (SSSR count). The topological polar surface area (TPSA) is 75.3 Å². The van der Waals surface area contributed by atoms with Gasteiger partial charge in [0.25, 0.3) is 15.9 Å². The van der Waals surface area contributed by atoms with Crippen molar-refractivity contribution in [2.45, 2.75) is 23.6 Å². The molecule has 0 aliphatic carbocycles. The zero-order valence-electron chi connectivity index (χ0n) is 17.2. The fraction of sp³-hybridized carbons (Fsp3) is 0.174. The van der Waals surface area contributed by atoms with Gasteiger partial charge in [-0.05, 0) is 67.9 Å². The van der Waals surface area contributed by atoms with Crippen molar-refractivity contribution in [3.8, 4) is 0 Å². The Kier molecular flexibility index (Phi) is 7.64. The first-order chi connectivity index (χ1) is 14.7. The van der Waals surface area contributed by atoms with Crippen LogP contribution in [0.2, 0.25) is 5.02 Å². The number of hydrogen-bond acceptors (Lipinski definition) is 4. The zero-order chi connectivity index (χ0) is 22.4. The molecule has 5 nitrogen and oxygen atoms in total. The van der Waals surface area contributed by atoms with Gasteiger partial charge < -0.3 is 5.32 Å². The van der Waals surface area contributed by atoms with Crippen LogP contribution in [0.25, 0.3) is 0 Å². The molecule has 0 radical (unpaired) electrons. The smallest absolute Gasteiger partial charge is 0.261 e. The van der Waals surface area contributed by atoms with Crippen LogP contribution in [-0.4, -0.2) is 26.6 Å². The maximum absolute atomic E-state index is 12.7. The fourth-order valence-corrected chi connectivity index (χ4v) is 4.78. The number of anilines is 1. The first-order valence-electron chi connectivity index (χ1n) is 9.61. The Morgan fingerprint density at radius 3 is 2.32 bits per heavy atom. The highest BCUT2D eigenvalue weighted by Crippen LogP contribution is 2.22. The van der Waals surface area contributed by atoms with E-state index in [-0.39, 0.29) is 10.8 Å². The number of nitrogens with one attached hydrogen (secondary N) is 2. The molecule has 0 aromatic heterocycles. The SMILES string of the molecule is Cc1ccc(S(=O)(=O)Nc2cc(C(=O)NCCSc3ccc(Cl)cc3)ccc2C)cc1. The summed E-state index contributed by atoms with van der Waals surface area (Å²) in [5.74, 6) is 0.444. The third kappa shape index (κ3) is 6.50. The van der Waals surface area contributed by atoms with E-state index in [9.17, 15) is 13.2 Å². The number of thioether (sulfide) groups is 1. The van der Waals surface area contributed by atoms with Crippen LogP contribution in [0.15, 0.2) is 76.5 Å². The van der Waals surface area contributed by atoms with Crippen molar-refractivity contribution >= 4 is 45.0 Å². The average molecular weight is 475 g/mol. The van der Waals surface area contributed by atoms with Gasteiger partial charge in [0, 0.05) is 27.8 Å². The number of benzene rings is 3. The van der Waals surface area contributed by atoms with Crippen molar-refractivity contribution in [1.29, 1.82) is 0 Å². The summed E-state index contributed by atoms with van der Waals surface area (Å²) in [5.41, 5.74) is 2.47. The van der Waals surface area contributed by atoms with Crippen molar-refractivity contribution < 1.29 is 13.2 Å². The number of carbonyl (C=O) groups is 1. The molecule has 3 aromatic rings. The highest BCUT2D eigenvalue weighted by molar-refractivity contribution is 7.99. The number of carbonyl (C=O) groups excluding carboxylic acids is 1. The van der Waals surface area contributed by atoms with Crippen molar-refractivity contribution in [2.75, 3.05) is 17.0 Å². The number of aryl methyl sites for hydroxylation is 2. The third-order valence-electron chi connectivity index (χ3n) is 4.55. The van der Waals surface area contributed by atoms with Gasteiger partial charge in [0.2, 0.25) is 0 Å². The van der Waals surface area contributed by atoms with Crippen molar-refractivity contribution in [1.82, 2.24) is 5.32 Å². The van der Waals surface area contributed by atoms with Crippen LogP contribution >= 0.6 is 23.4 Å². The van der Waals surface area contributed by atoms with E-state index in [1.165, 1.54) is 0 Å². The number of amides is 1. The summed E-state index contributed by atoms with van der Waals surface area (Å²) in [6.07, 6.45) is 0. The second-order valence-corrected chi connectivity index (χ2v) is 10.3. The Labute approximate surface area is 192 Å². The van der Waals surface area contributed by atoms with Crippen LogP contribution in [0.4, 0.5) is 5.69 Å². The van der Waals surface area contributed by atoms with Crippen LogP contribution in [0, 0.1) is 13.8 Å². The average Bonchev–Trinajstić information content (AvgIpc) is 2.74. The van der Waals surface area contributed by atoms with Gasteiger partial charge in [-0.25, -0.2) is 8.42 Å². The second kappa shape index (κ2) is 10.2. The molecule has 0 aliphatic rings. The summed E-state index contributed by atoms with van der Waals surface area (Å²) in [5, 5.41) is 3.55. The maximum Gasteiger partial charge on any atom is 0.261 e. The quantitative estimate of drug-likeness (QED) is 0.344. The van der Waals surface area contributed by atoms with Crippen LogP contribution in [-0.2, 0) is 10.0 Å². The molecule has 0 unspecified atom stereocenters. The lowest BCUT2D eigenvalue weighted by molar-refractivity contribution is 0.0956. The maximum atomic E-state index is 12.7. The molecule has 0 bridgehead atoms. The van der Waals surface area contributed by atoms with Gasteiger partial charge in [0.05, 0.1) is 10.6 Å². The summed E-state index contributed by atoms with van der Waals surface area (Å²) < 4.78 is 28.0. The van der Waals surface area contributed by atoms with E-state index in [2.05, 4.69) is 10.0 Å². The minimum absolute atomic E-state index is 0.173. The van der Waals surface area contributed by atoms with Crippen molar-refractivity contribution in [3.63, 3.8) is 0 Å². The van der Waals surface area contributed by atoms with Crippen LogP contribution in [0.1, 0.15) is 21.5 Å². The van der Waals surface area contributed by atoms with Crippen molar-refractivity contribution in [3.05, 3.63) is 88.4 Å². The standard InChI is InChI=1S/C23H23ClN2O3S2/c1-16-3-11-21(12-4-16)31(28,29)26-22-15-18(6-5-17(22)2)23(27)25-13-14-30-20-9-7-19(24)8-10-20/h3-12,15,26H,13-14H2,1-2H3,(H,25,27). The second-order valence-electron chi connectivity index (χ2n) is 7.01. The number of rotatable bonds is 8. The Morgan fingerprint density at radius 2 is 1.65 bits per heavy atom. The Bertz CT molecular complexity index is 1160. The normalized spacial score (nSPS) is 11.2. The summed E-state index contributed by atoms with van der Waals surface area (Å²) in [4.78, 5) is 13.8. The summed E-state index contributed by atoms with van der Waals surface area (Å²) in [7, 11) is -3.74. The molecule has 0 aliphatic heterocycles. The monoisotopic (exact) mass is 474 g/mol. The zero-order valence-corrected chi connectivity index (χ0v) is 19.6. The predicted molar refractivity (Wildman–Crippen MR) is 128 cm³/mol. The lowest BCUT2D eigenvalue weighted by Crippen LogP contribution is -2.26.